The zero-order valence-corrected chi connectivity index (χ0v) is 15.9. The van der Waals surface area contributed by atoms with E-state index in [9.17, 15) is 9.90 Å². The van der Waals surface area contributed by atoms with E-state index >= 15 is 0 Å². The Morgan fingerprint density at radius 2 is 1.33 bits per heavy atom. The molecule has 24 heavy (non-hydrogen) atoms. The molecule has 0 radical (unpaired) electrons. The van der Waals surface area contributed by atoms with E-state index in [1.54, 1.807) is 6.92 Å². The smallest absolute Gasteiger partial charge is 0.336 e. The van der Waals surface area contributed by atoms with E-state index in [2.05, 4.69) is 6.92 Å². The van der Waals surface area contributed by atoms with Gasteiger partial charge in [0.15, 0.2) is 0 Å². The molecule has 0 spiro atoms. The van der Waals surface area contributed by atoms with Gasteiger partial charge in [0.2, 0.25) is 0 Å². The minimum atomic E-state index is -0.737. The van der Waals surface area contributed by atoms with Crippen LogP contribution in [-0.2, 0) is 9.53 Å². The first-order chi connectivity index (χ1) is 11.7. The Balaban J connectivity index is 1.87. The topological polar surface area (TPSA) is 46.5 Å². The van der Waals surface area contributed by atoms with Crippen molar-refractivity contribution in [1.29, 1.82) is 0 Å². The number of hydrogen-bond acceptors (Lipinski definition) is 3. The maximum absolute atomic E-state index is 11.5. The van der Waals surface area contributed by atoms with Gasteiger partial charge in [-0.3, -0.25) is 0 Å². The van der Waals surface area contributed by atoms with Crippen molar-refractivity contribution in [3.63, 3.8) is 0 Å². The van der Waals surface area contributed by atoms with Crippen LogP contribution in [0.1, 0.15) is 104 Å². The molecular formula is C21H38O3. The van der Waals surface area contributed by atoms with Gasteiger partial charge >= 0.3 is 5.97 Å². The molecule has 1 aliphatic heterocycles. The number of aliphatic hydroxyl groups excluding tert-OH is 1. The SMILES string of the molecule is CCCCCCCCCCCCCCC/C=C1\C(=O)O[C@@H](C)[C@H]1O. The van der Waals surface area contributed by atoms with Crippen molar-refractivity contribution in [2.45, 2.75) is 116 Å². The molecule has 0 aromatic rings. The molecular weight excluding hydrogens is 300 g/mol. The van der Waals surface area contributed by atoms with Crippen LogP contribution in [0.4, 0.5) is 0 Å². The molecule has 1 aliphatic rings. The molecule has 0 aliphatic carbocycles. The Bertz CT molecular complexity index is 362. The van der Waals surface area contributed by atoms with E-state index in [1.165, 1.54) is 77.0 Å². The Morgan fingerprint density at radius 3 is 1.75 bits per heavy atom. The highest BCUT2D eigenvalue weighted by Crippen LogP contribution is 2.22. The fraction of sp³-hybridized carbons (Fsp3) is 0.857. The number of rotatable bonds is 14. The fourth-order valence-electron chi connectivity index (χ4n) is 3.30. The highest BCUT2D eigenvalue weighted by Gasteiger charge is 2.34. The van der Waals surface area contributed by atoms with Gasteiger partial charge in [-0.2, -0.15) is 0 Å². The van der Waals surface area contributed by atoms with Crippen LogP contribution < -0.4 is 0 Å². The van der Waals surface area contributed by atoms with E-state index in [0.29, 0.717) is 5.57 Å². The minimum absolute atomic E-state index is 0.343. The predicted molar refractivity (Wildman–Crippen MR) is 100.0 cm³/mol. The molecule has 2 atom stereocenters. The van der Waals surface area contributed by atoms with Crippen molar-refractivity contribution in [2.24, 2.45) is 0 Å². The van der Waals surface area contributed by atoms with Crippen molar-refractivity contribution in [1.82, 2.24) is 0 Å². The molecule has 1 saturated heterocycles. The number of hydrogen-bond donors (Lipinski definition) is 1. The molecule has 3 heteroatoms. The number of aliphatic hydroxyl groups is 1. The molecule has 3 nitrogen and oxygen atoms in total. The van der Waals surface area contributed by atoms with Gasteiger partial charge in [0.25, 0.3) is 0 Å². The molecule has 0 saturated carbocycles. The van der Waals surface area contributed by atoms with Gasteiger partial charge in [0.05, 0.1) is 5.57 Å². The predicted octanol–water partition coefficient (Wildman–Crippen LogP) is 5.70. The minimum Gasteiger partial charge on any atom is -0.456 e. The lowest BCUT2D eigenvalue weighted by molar-refractivity contribution is -0.138. The summed E-state index contributed by atoms with van der Waals surface area (Å²) < 4.78 is 5.00. The number of carbonyl (C=O) groups is 1. The molecule has 0 unspecified atom stereocenters. The summed E-state index contributed by atoms with van der Waals surface area (Å²) in [5.74, 6) is -0.343. The van der Waals surface area contributed by atoms with Gasteiger partial charge < -0.3 is 9.84 Å². The van der Waals surface area contributed by atoms with E-state index < -0.39 is 12.2 Å². The molecule has 140 valence electrons. The summed E-state index contributed by atoms with van der Waals surface area (Å²) in [7, 11) is 0. The van der Waals surface area contributed by atoms with Gasteiger partial charge in [-0.15, -0.1) is 0 Å². The Kier molecular flexibility index (Phi) is 11.9. The van der Waals surface area contributed by atoms with E-state index in [-0.39, 0.29) is 5.97 Å². The zero-order valence-electron chi connectivity index (χ0n) is 15.9. The van der Waals surface area contributed by atoms with Crippen LogP contribution in [0, 0.1) is 0 Å². The average molecular weight is 339 g/mol. The van der Waals surface area contributed by atoms with Crippen LogP contribution in [0.2, 0.25) is 0 Å². The Hall–Kier alpha value is -0.830. The monoisotopic (exact) mass is 338 g/mol. The highest BCUT2D eigenvalue weighted by atomic mass is 16.6. The molecule has 0 aromatic carbocycles. The van der Waals surface area contributed by atoms with Crippen LogP contribution in [0.25, 0.3) is 0 Å². The first-order valence-electron chi connectivity index (χ1n) is 10.3. The maximum atomic E-state index is 11.5. The lowest BCUT2D eigenvalue weighted by Crippen LogP contribution is -2.17. The summed E-state index contributed by atoms with van der Waals surface area (Å²) in [5, 5.41) is 9.82. The van der Waals surface area contributed by atoms with Crippen LogP contribution in [0.3, 0.4) is 0 Å². The van der Waals surface area contributed by atoms with Crippen molar-refractivity contribution in [3.8, 4) is 0 Å². The molecule has 0 amide bonds. The first kappa shape index (κ1) is 21.2. The molecule has 1 rings (SSSR count). The third kappa shape index (κ3) is 8.86. The molecule has 1 N–H and O–H groups in total. The fourth-order valence-corrected chi connectivity index (χ4v) is 3.30. The zero-order chi connectivity index (χ0) is 17.6. The maximum Gasteiger partial charge on any atom is 0.336 e. The first-order valence-corrected chi connectivity index (χ1v) is 10.3. The molecule has 0 bridgehead atoms. The summed E-state index contributed by atoms with van der Waals surface area (Å²) in [6.45, 7) is 4.00. The molecule has 1 heterocycles. The lowest BCUT2D eigenvalue weighted by Gasteiger charge is -2.05. The number of unbranched alkanes of at least 4 members (excludes halogenated alkanes) is 13. The summed E-state index contributed by atoms with van der Waals surface area (Å²) in [4.78, 5) is 11.5. The quantitative estimate of drug-likeness (QED) is 0.251. The average Bonchev–Trinajstić information content (AvgIpc) is 2.81. The van der Waals surface area contributed by atoms with Crippen LogP contribution in [0.15, 0.2) is 11.6 Å². The Labute approximate surface area is 148 Å². The number of cyclic esters (lactones) is 1. The Morgan fingerprint density at radius 1 is 0.875 bits per heavy atom. The lowest BCUT2D eigenvalue weighted by atomic mass is 10.0. The van der Waals surface area contributed by atoms with Crippen molar-refractivity contribution in [2.75, 3.05) is 0 Å². The summed E-state index contributed by atoms with van der Waals surface area (Å²) in [6, 6.07) is 0. The van der Waals surface area contributed by atoms with Gasteiger partial charge in [0, 0.05) is 0 Å². The third-order valence-corrected chi connectivity index (χ3v) is 4.96. The highest BCUT2D eigenvalue weighted by molar-refractivity contribution is 5.92. The van der Waals surface area contributed by atoms with Crippen molar-refractivity contribution >= 4 is 5.97 Å². The van der Waals surface area contributed by atoms with Gasteiger partial charge in [0.1, 0.15) is 12.2 Å². The van der Waals surface area contributed by atoms with Crippen LogP contribution in [-0.4, -0.2) is 23.3 Å². The van der Waals surface area contributed by atoms with Crippen LogP contribution in [0.5, 0.6) is 0 Å². The number of allylic oxidation sites excluding steroid dienone is 1. The van der Waals surface area contributed by atoms with Gasteiger partial charge in [-0.25, -0.2) is 4.79 Å². The number of ether oxygens (including phenoxy) is 1. The standard InChI is InChI=1S/C21H38O3/c1-3-4-5-6-7-8-9-10-11-12-13-14-15-16-17-19-20(22)18(2)24-21(19)23/h17-18,20,22H,3-16H2,1-2H3/b19-17-/t18-,20+/m0/s1. The summed E-state index contributed by atoms with van der Waals surface area (Å²) in [5.41, 5.74) is 0.460. The van der Waals surface area contributed by atoms with Gasteiger partial charge in [-0.1, -0.05) is 90.0 Å². The summed E-state index contributed by atoms with van der Waals surface area (Å²) >= 11 is 0. The second kappa shape index (κ2) is 13.5. The third-order valence-electron chi connectivity index (χ3n) is 4.96. The number of esters is 1. The second-order valence-corrected chi connectivity index (χ2v) is 7.25. The normalized spacial score (nSPS) is 22.3. The van der Waals surface area contributed by atoms with Crippen molar-refractivity contribution < 1.29 is 14.6 Å². The molecule has 1 fully saturated rings. The summed E-state index contributed by atoms with van der Waals surface area (Å²) in [6.07, 6.45) is 19.1. The second-order valence-electron chi connectivity index (χ2n) is 7.25. The largest absolute Gasteiger partial charge is 0.456 e. The van der Waals surface area contributed by atoms with E-state index in [4.69, 9.17) is 4.74 Å². The van der Waals surface area contributed by atoms with E-state index in [1.807, 2.05) is 6.08 Å². The number of carbonyl (C=O) groups excluding carboxylic acids is 1. The van der Waals surface area contributed by atoms with E-state index in [0.717, 1.165) is 12.8 Å². The molecule has 0 aromatic heterocycles. The van der Waals surface area contributed by atoms with Gasteiger partial charge in [-0.05, 0) is 19.8 Å². The van der Waals surface area contributed by atoms with Crippen molar-refractivity contribution in [3.05, 3.63) is 11.6 Å². The van der Waals surface area contributed by atoms with Crippen LogP contribution >= 0.6 is 0 Å².